The van der Waals surface area contributed by atoms with Crippen molar-refractivity contribution in [2.75, 3.05) is 11.4 Å². The van der Waals surface area contributed by atoms with E-state index in [1.807, 2.05) is 29.5 Å². The molecule has 0 aliphatic carbocycles. The van der Waals surface area contributed by atoms with E-state index in [1.54, 1.807) is 0 Å². The molecule has 3 rings (SSSR count). The van der Waals surface area contributed by atoms with Crippen molar-refractivity contribution in [1.82, 2.24) is 0 Å². The molecule has 1 aromatic heterocycles. The fraction of sp³-hybridized carbons (Fsp3) is 0.312. The van der Waals surface area contributed by atoms with E-state index in [9.17, 15) is 5.26 Å². The fourth-order valence-corrected chi connectivity index (χ4v) is 3.97. The van der Waals surface area contributed by atoms with Crippen molar-refractivity contribution in [3.05, 3.63) is 51.2 Å². The van der Waals surface area contributed by atoms with Crippen LogP contribution in [0.15, 0.2) is 29.6 Å². The van der Waals surface area contributed by atoms with Gasteiger partial charge < -0.3 is 4.90 Å². The summed E-state index contributed by atoms with van der Waals surface area (Å²) in [5.74, 6) is 0.444. The number of nitrogens with zero attached hydrogens (tertiary/aromatic N) is 2. The summed E-state index contributed by atoms with van der Waals surface area (Å²) in [5, 5.41) is 11.6. The Kier molecular flexibility index (Phi) is 3.69. The largest absolute Gasteiger partial charge is 0.363 e. The second kappa shape index (κ2) is 5.47. The molecule has 1 aliphatic rings. The minimum atomic E-state index is 0.318. The Labute approximate surface area is 128 Å². The molecular formula is C16H15ClN2S. The summed E-state index contributed by atoms with van der Waals surface area (Å²) in [5.41, 5.74) is 4.12. The molecule has 0 saturated carbocycles. The lowest BCUT2D eigenvalue weighted by molar-refractivity contribution is 0.632. The van der Waals surface area contributed by atoms with Crippen LogP contribution in [-0.4, -0.2) is 6.54 Å². The Morgan fingerprint density at radius 2 is 2.30 bits per heavy atom. The standard InChI is InChI=1S/C16H15ClN2S/c1-11-14-5-7-20-16(14)4-6-19(11)15-3-2-12(9-17)8-13(15)10-18/h2-3,5,7-8,11H,4,6,9H2,1H3. The highest BCUT2D eigenvalue weighted by atomic mass is 35.5. The number of anilines is 1. The van der Waals surface area contributed by atoms with Crippen molar-refractivity contribution in [3.8, 4) is 6.07 Å². The predicted molar refractivity (Wildman–Crippen MR) is 84.5 cm³/mol. The first-order valence-electron chi connectivity index (χ1n) is 6.66. The number of rotatable bonds is 2. The molecule has 0 spiro atoms. The predicted octanol–water partition coefficient (Wildman–Crippen LogP) is 4.48. The molecule has 0 saturated heterocycles. The van der Waals surface area contributed by atoms with Crippen molar-refractivity contribution in [1.29, 1.82) is 5.26 Å². The molecule has 2 nitrogen and oxygen atoms in total. The van der Waals surface area contributed by atoms with Gasteiger partial charge in [0.15, 0.2) is 0 Å². The van der Waals surface area contributed by atoms with Crippen LogP contribution in [0, 0.1) is 11.3 Å². The fourth-order valence-electron chi connectivity index (χ4n) is 2.84. The van der Waals surface area contributed by atoms with Gasteiger partial charge in [0.1, 0.15) is 6.07 Å². The maximum Gasteiger partial charge on any atom is 0.101 e. The van der Waals surface area contributed by atoms with Crippen molar-refractivity contribution >= 4 is 28.6 Å². The molecule has 2 heterocycles. The summed E-state index contributed by atoms with van der Waals surface area (Å²) in [7, 11) is 0. The summed E-state index contributed by atoms with van der Waals surface area (Å²) in [4.78, 5) is 3.80. The second-order valence-electron chi connectivity index (χ2n) is 5.02. The minimum absolute atomic E-state index is 0.318. The van der Waals surface area contributed by atoms with Crippen LogP contribution < -0.4 is 4.90 Å². The normalized spacial score (nSPS) is 17.6. The number of hydrogen-bond donors (Lipinski definition) is 0. The quantitative estimate of drug-likeness (QED) is 0.765. The van der Waals surface area contributed by atoms with Crippen LogP contribution in [0.3, 0.4) is 0 Å². The molecule has 2 aromatic rings. The lowest BCUT2D eigenvalue weighted by Gasteiger charge is -2.36. The molecule has 1 atom stereocenters. The molecule has 102 valence electrons. The van der Waals surface area contributed by atoms with E-state index >= 15 is 0 Å². The Hall–Kier alpha value is -1.50. The van der Waals surface area contributed by atoms with E-state index in [-0.39, 0.29) is 0 Å². The van der Waals surface area contributed by atoms with E-state index in [0.29, 0.717) is 17.5 Å². The van der Waals surface area contributed by atoms with E-state index < -0.39 is 0 Å². The van der Waals surface area contributed by atoms with Gasteiger partial charge in [-0.2, -0.15) is 5.26 Å². The lowest BCUT2D eigenvalue weighted by Crippen LogP contribution is -2.33. The molecule has 4 heteroatoms. The van der Waals surface area contributed by atoms with Crippen LogP contribution in [0.4, 0.5) is 5.69 Å². The molecule has 0 radical (unpaired) electrons. The van der Waals surface area contributed by atoms with Crippen LogP contribution >= 0.6 is 22.9 Å². The molecule has 20 heavy (non-hydrogen) atoms. The summed E-state index contributed by atoms with van der Waals surface area (Å²) in [6.07, 6.45) is 1.06. The zero-order valence-electron chi connectivity index (χ0n) is 11.3. The summed E-state index contributed by atoms with van der Waals surface area (Å²) >= 11 is 7.69. The first-order valence-corrected chi connectivity index (χ1v) is 8.08. The Morgan fingerprint density at radius 1 is 1.45 bits per heavy atom. The van der Waals surface area contributed by atoms with E-state index in [2.05, 4.69) is 29.3 Å². The van der Waals surface area contributed by atoms with Gasteiger partial charge in [-0.1, -0.05) is 6.07 Å². The van der Waals surface area contributed by atoms with Gasteiger partial charge in [0.05, 0.1) is 17.3 Å². The maximum atomic E-state index is 9.39. The number of benzene rings is 1. The Morgan fingerprint density at radius 3 is 3.05 bits per heavy atom. The average Bonchev–Trinajstić information content (AvgIpc) is 2.96. The Balaban J connectivity index is 2.00. The lowest BCUT2D eigenvalue weighted by atomic mass is 9.99. The molecule has 1 aliphatic heterocycles. The van der Waals surface area contributed by atoms with Crippen LogP contribution in [0.1, 0.15) is 34.5 Å². The molecule has 1 aromatic carbocycles. The number of thiophene rings is 1. The molecular weight excluding hydrogens is 288 g/mol. The summed E-state index contributed by atoms with van der Waals surface area (Å²) < 4.78 is 0. The SMILES string of the molecule is CC1c2ccsc2CCN1c1ccc(CCl)cc1C#N. The number of fused-ring (bicyclic) bond motifs is 1. The van der Waals surface area contributed by atoms with Crippen LogP contribution in [0.2, 0.25) is 0 Å². The van der Waals surface area contributed by atoms with Gasteiger partial charge in [-0.3, -0.25) is 0 Å². The number of halogens is 1. The third kappa shape index (κ3) is 2.19. The van der Waals surface area contributed by atoms with E-state index in [4.69, 9.17) is 11.6 Å². The third-order valence-electron chi connectivity index (χ3n) is 3.92. The van der Waals surface area contributed by atoms with Gasteiger partial charge >= 0.3 is 0 Å². The number of nitriles is 1. The van der Waals surface area contributed by atoms with Gasteiger partial charge in [0.25, 0.3) is 0 Å². The minimum Gasteiger partial charge on any atom is -0.363 e. The first-order chi connectivity index (χ1) is 9.74. The molecule has 0 fully saturated rings. The smallest absolute Gasteiger partial charge is 0.101 e. The number of hydrogen-bond acceptors (Lipinski definition) is 3. The summed E-state index contributed by atoms with van der Waals surface area (Å²) in [6.45, 7) is 3.17. The van der Waals surface area contributed by atoms with Crippen molar-refractivity contribution in [3.63, 3.8) is 0 Å². The second-order valence-corrected chi connectivity index (χ2v) is 6.28. The van der Waals surface area contributed by atoms with Crippen molar-refractivity contribution in [2.24, 2.45) is 0 Å². The van der Waals surface area contributed by atoms with E-state index in [0.717, 1.165) is 24.2 Å². The van der Waals surface area contributed by atoms with Crippen molar-refractivity contribution < 1.29 is 0 Å². The van der Waals surface area contributed by atoms with Gasteiger partial charge in [0, 0.05) is 17.3 Å². The summed E-state index contributed by atoms with van der Waals surface area (Å²) in [6, 6.07) is 10.8. The van der Waals surface area contributed by atoms with E-state index in [1.165, 1.54) is 10.4 Å². The maximum absolute atomic E-state index is 9.39. The van der Waals surface area contributed by atoms with Gasteiger partial charge in [-0.05, 0) is 48.1 Å². The molecule has 0 bridgehead atoms. The highest BCUT2D eigenvalue weighted by Crippen LogP contribution is 2.37. The van der Waals surface area contributed by atoms with Gasteiger partial charge in [-0.15, -0.1) is 22.9 Å². The average molecular weight is 303 g/mol. The van der Waals surface area contributed by atoms with Crippen LogP contribution in [0.5, 0.6) is 0 Å². The molecule has 0 N–H and O–H groups in total. The highest BCUT2D eigenvalue weighted by molar-refractivity contribution is 7.10. The third-order valence-corrected chi connectivity index (χ3v) is 5.23. The van der Waals surface area contributed by atoms with Crippen LogP contribution in [0.25, 0.3) is 0 Å². The zero-order chi connectivity index (χ0) is 14.1. The molecule has 1 unspecified atom stereocenters. The zero-order valence-corrected chi connectivity index (χ0v) is 12.8. The van der Waals surface area contributed by atoms with Gasteiger partial charge in [0.2, 0.25) is 0 Å². The molecule has 0 amide bonds. The Bertz CT molecular complexity index is 671. The highest BCUT2D eigenvalue weighted by Gasteiger charge is 2.26. The monoisotopic (exact) mass is 302 g/mol. The number of alkyl halides is 1. The van der Waals surface area contributed by atoms with Crippen LogP contribution in [-0.2, 0) is 12.3 Å². The van der Waals surface area contributed by atoms with Gasteiger partial charge in [-0.25, -0.2) is 0 Å². The van der Waals surface area contributed by atoms with Crippen molar-refractivity contribution in [2.45, 2.75) is 25.3 Å². The topological polar surface area (TPSA) is 27.0 Å². The first kappa shape index (κ1) is 13.5.